The van der Waals surface area contributed by atoms with E-state index in [0.717, 1.165) is 16.7 Å². The van der Waals surface area contributed by atoms with E-state index in [0.29, 0.717) is 0 Å². The van der Waals surface area contributed by atoms with Crippen LogP contribution in [0.1, 0.15) is 64.2 Å². The standard InChI is InChI=1S/C20H30FNO4/c1-11-9-16(21)10-12(2)17(11)13(3)15(5)25-18(23)14(4)22-19(24)26-20(6,7)8/h9-10,13-15H,1-8H3,(H,22,24)/t13-,14+,15+/m1/s1. The van der Waals surface area contributed by atoms with Crippen molar-refractivity contribution in [3.05, 3.63) is 34.6 Å². The normalized spacial score (nSPS) is 15.0. The Morgan fingerprint density at radius 3 is 2.04 bits per heavy atom. The van der Waals surface area contributed by atoms with Gasteiger partial charge < -0.3 is 14.8 Å². The van der Waals surface area contributed by atoms with E-state index < -0.39 is 29.8 Å². The summed E-state index contributed by atoms with van der Waals surface area (Å²) in [5, 5.41) is 2.47. The molecule has 0 spiro atoms. The molecule has 0 saturated heterocycles. The fourth-order valence-electron chi connectivity index (χ4n) is 2.81. The third-order valence-corrected chi connectivity index (χ3v) is 4.11. The lowest BCUT2D eigenvalue weighted by Crippen LogP contribution is -2.43. The van der Waals surface area contributed by atoms with E-state index in [1.54, 1.807) is 27.7 Å². The molecule has 0 aliphatic carbocycles. The number of halogens is 1. The van der Waals surface area contributed by atoms with Gasteiger partial charge in [0.25, 0.3) is 0 Å². The van der Waals surface area contributed by atoms with Crippen molar-refractivity contribution in [3.63, 3.8) is 0 Å². The van der Waals surface area contributed by atoms with E-state index in [4.69, 9.17) is 9.47 Å². The zero-order chi connectivity index (χ0) is 20.2. The van der Waals surface area contributed by atoms with Gasteiger partial charge in [-0.3, -0.25) is 0 Å². The van der Waals surface area contributed by atoms with Crippen molar-refractivity contribution in [1.29, 1.82) is 0 Å². The van der Waals surface area contributed by atoms with Crippen molar-refractivity contribution in [1.82, 2.24) is 5.32 Å². The van der Waals surface area contributed by atoms with Gasteiger partial charge in [-0.05, 0) is 77.3 Å². The number of amides is 1. The van der Waals surface area contributed by atoms with Crippen molar-refractivity contribution in [2.24, 2.45) is 0 Å². The number of aryl methyl sites for hydroxylation is 2. The van der Waals surface area contributed by atoms with Gasteiger partial charge in [0, 0.05) is 5.92 Å². The van der Waals surface area contributed by atoms with E-state index >= 15 is 0 Å². The summed E-state index contributed by atoms with van der Waals surface area (Å²) in [6.45, 7) is 14.2. The fourth-order valence-corrected chi connectivity index (χ4v) is 2.81. The molecule has 5 nitrogen and oxygen atoms in total. The number of rotatable bonds is 5. The molecule has 3 atom stereocenters. The maximum atomic E-state index is 13.5. The molecule has 0 unspecified atom stereocenters. The van der Waals surface area contributed by atoms with Gasteiger partial charge in [-0.15, -0.1) is 0 Å². The maximum absolute atomic E-state index is 13.5. The Hall–Kier alpha value is -2.11. The van der Waals surface area contributed by atoms with Crippen molar-refractivity contribution in [2.45, 2.75) is 79.1 Å². The minimum atomic E-state index is -0.838. The van der Waals surface area contributed by atoms with Crippen LogP contribution in [0.5, 0.6) is 0 Å². The summed E-state index contributed by atoms with van der Waals surface area (Å²) < 4.78 is 24.1. The predicted octanol–water partition coefficient (Wildman–Crippen LogP) is 4.39. The van der Waals surface area contributed by atoms with Crippen LogP contribution in [-0.4, -0.2) is 29.8 Å². The summed E-state index contributed by atoms with van der Waals surface area (Å²) in [6, 6.07) is 2.11. The van der Waals surface area contributed by atoms with Crippen LogP contribution in [0.25, 0.3) is 0 Å². The molecule has 0 bridgehead atoms. The molecule has 146 valence electrons. The molecule has 1 N–H and O–H groups in total. The van der Waals surface area contributed by atoms with Crippen LogP contribution in [0.15, 0.2) is 12.1 Å². The van der Waals surface area contributed by atoms with Gasteiger partial charge in [-0.1, -0.05) is 6.92 Å². The van der Waals surface area contributed by atoms with E-state index in [2.05, 4.69) is 5.32 Å². The number of hydrogen-bond donors (Lipinski definition) is 1. The zero-order valence-corrected chi connectivity index (χ0v) is 16.9. The van der Waals surface area contributed by atoms with E-state index in [9.17, 15) is 14.0 Å². The second-order valence-corrected chi connectivity index (χ2v) is 7.75. The summed E-state index contributed by atoms with van der Waals surface area (Å²) in [5.41, 5.74) is 1.95. The molecule has 26 heavy (non-hydrogen) atoms. The van der Waals surface area contributed by atoms with Crippen molar-refractivity contribution in [3.8, 4) is 0 Å². The first-order valence-electron chi connectivity index (χ1n) is 8.78. The smallest absolute Gasteiger partial charge is 0.408 e. The first-order chi connectivity index (χ1) is 11.8. The Morgan fingerprint density at radius 1 is 1.08 bits per heavy atom. The highest BCUT2D eigenvalue weighted by Crippen LogP contribution is 2.28. The Morgan fingerprint density at radius 2 is 1.58 bits per heavy atom. The van der Waals surface area contributed by atoms with Crippen LogP contribution in [0.3, 0.4) is 0 Å². The Labute approximate surface area is 155 Å². The quantitative estimate of drug-likeness (QED) is 0.784. The lowest BCUT2D eigenvalue weighted by atomic mass is 9.88. The summed E-state index contributed by atoms with van der Waals surface area (Å²) in [6.07, 6.45) is -1.11. The lowest BCUT2D eigenvalue weighted by molar-refractivity contribution is -0.151. The van der Waals surface area contributed by atoms with Gasteiger partial charge in [-0.25, -0.2) is 14.0 Å². The van der Waals surface area contributed by atoms with Crippen LogP contribution in [-0.2, 0) is 14.3 Å². The van der Waals surface area contributed by atoms with Crippen LogP contribution in [0.2, 0.25) is 0 Å². The van der Waals surface area contributed by atoms with Crippen LogP contribution in [0.4, 0.5) is 9.18 Å². The van der Waals surface area contributed by atoms with Crippen molar-refractivity contribution < 1.29 is 23.5 Å². The average Bonchev–Trinajstić information content (AvgIpc) is 2.43. The summed E-state index contributed by atoms with van der Waals surface area (Å²) in [7, 11) is 0. The summed E-state index contributed by atoms with van der Waals surface area (Å²) in [4.78, 5) is 24.0. The number of carbonyl (C=O) groups excluding carboxylic acids is 2. The minimum absolute atomic E-state index is 0.117. The largest absolute Gasteiger partial charge is 0.461 e. The number of benzene rings is 1. The molecule has 0 radical (unpaired) electrons. The van der Waals surface area contributed by atoms with Gasteiger partial charge in [-0.2, -0.15) is 0 Å². The number of carbonyl (C=O) groups is 2. The van der Waals surface area contributed by atoms with Crippen LogP contribution in [0, 0.1) is 19.7 Å². The highest BCUT2D eigenvalue weighted by molar-refractivity contribution is 5.81. The molecular weight excluding hydrogens is 337 g/mol. The molecule has 0 heterocycles. The van der Waals surface area contributed by atoms with Crippen molar-refractivity contribution in [2.75, 3.05) is 0 Å². The number of nitrogens with one attached hydrogen (secondary N) is 1. The molecule has 1 aromatic rings. The van der Waals surface area contributed by atoms with Crippen LogP contribution >= 0.6 is 0 Å². The highest BCUT2D eigenvalue weighted by Gasteiger charge is 2.26. The van der Waals surface area contributed by atoms with Gasteiger partial charge in [0.2, 0.25) is 0 Å². The number of alkyl carbamates (subject to hydrolysis) is 1. The number of ether oxygens (including phenoxy) is 2. The van der Waals surface area contributed by atoms with Gasteiger partial charge in [0.15, 0.2) is 0 Å². The molecule has 1 aromatic carbocycles. The monoisotopic (exact) mass is 367 g/mol. The molecule has 1 amide bonds. The van der Waals surface area contributed by atoms with E-state index in [1.807, 2.05) is 20.8 Å². The number of esters is 1. The molecule has 0 aromatic heterocycles. The van der Waals surface area contributed by atoms with E-state index in [1.165, 1.54) is 19.1 Å². The van der Waals surface area contributed by atoms with Gasteiger partial charge in [0.05, 0.1) is 0 Å². The molecule has 6 heteroatoms. The average molecular weight is 367 g/mol. The van der Waals surface area contributed by atoms with Gasteiger partial charge >= 0.3 is 12.1 Å². The molecule has 0 saturated carbocycles. The molecule has 0 aliphatic heterocycles. The first-order valence-corrected chi connectivity index (χ1v) is 8.78. The summed E-state index contributed by atoms with van der Waals surface area (Å²) >= 11 is 0. The Balaban J connectivity index is 2.73. The third kappa shape index (κ3) is 6.32. The molecule has 0 aliphatic rings. The minimum Gasteiger partial charge on any atom is -0.461 e. The fraction of sp³-hybridized carbons (Fsp3) is 0.600. The summed E-state index contributed by atoms with van der Waals surface area (Å²) in [5.74, 6) is -0.948. The Bertz CT molecular complexity index is 643. The second-order valence-electron chi connectivity index (χ2n) is 7.75. The number of hydrogen-bond acceptors (Lipinski definition) is 4. The van der Waals surface area contributed by atoms with Crippen molar-refractivity contribution >= 4 is 12.1 Å². The SMILES string of the molecule is Cc1cc(F)cc(C)c1[C@H](C)[C@H](C)OC(=O)[C@H](C)NC(=O)OC(C)(C)C. The zero-order valence-electron chi connectivity index (χ0n) is 16.9. The molecule has 1 rings (SSSR count). The Kier molecular flexibility index (Phi) is 7.18. The maximum Gasteiger partial charge on any atom is 0.408 e. The van der Waals surface area contributed by atoms with Gasteiger partial charge in [0.1, 0.15) is 23.6 Å². The predicted molar refractivity (Wildman–Crippen MR) is 98.7 cm³/mol. The topological polar surface area (TPSA) is 64.6 Å². The highest BCUT2D eigenvalue weighted by atomic mass is 19.1. The molecular formula is C20H30FNO4. The van der Waals surface area contributed by atoms with Crippen LogP contribution < -0.4 is 5.32 Å². The third-order valence-electron chi connectivity index (χ3n) is 4.11. The lowest BCUT2D eigenvalue weighted by Gasteiger charge is -2.26. The first kappa shape index (κ1) is 21.9. The molecule has 0 fully saturated rings. The van der Waals surface area contributed by atoms with E-state index in [-0.39, 0.29) is 11.7 Å². The second kappa shape index (κ2) is 8.52.